The van der Waals surface area contributed by atoms with Crippen molar-refractivity contribution >= 4 is 35.4 Å². The van der Waals surface area contributed by atoms with E-state index >= 15 is 4.39 Å². The number of ketones is 2. The molecule has 0 radical (unpaired) electrons. The van der Waals surface area contributed by atoms with Crippen LogP contribution < -0.4 is 14.2 Å². The van der Waals surface area contributed by atoms with E-state index in [1.807, 2.05) is 6.07 Å². The Morgan fingerprint density at radius 3 is 1.70 bits per heavy atom. The number of rotatable bonds is 22. The smallest absolute Gasteiger partial charge is 0.374 e. The third-order valence-corrected chi connectivity index (χ3v) is 10.7. The first-order valence-electron chi connectivity index (χ1n) is 21.0. The van der Waals surface area contributed by atoms with Crippen molar-refractivity contribution in [1.82, 2.24) is 0 Å². The van der Waals surface area contributed by atoms with Crippen LogP contribution in [0.4, 0.5) is 4.39 Å². The second kappa shape index (κ2) is 23.2. The molecule has 3 aromatic carbocycles. The molecule has 0 aliphatic heterocycles. The van der Waals surface area contributed by atoms with Crippen LogP contribution in [0.15, 0.2) is 78.9 Å². The van der Waals surface area contributed by atoms with Crippen LogP contribution in [0.1, 0.15) is 110 Å². The van der Waals surface area contributed by atoms with Gasteiger partial charge in [-0.05, 0) is 92.8 Å². The molecule has 0 atom stereocenters. The minimum Gasteiger partial charge on any atom is -0.493 e. The van der Waals surface area contributed by atoms with E-state index in [0.717, 1.165) is 31.2 Å². The third-order valence-electron chi connectivity index (χ3n) is 10.7. The molecule has 0 unspecified atom stereocenters. The standard InChI is InChI=1S/C49H57FO11/c1-8-11-12-13-32-14-16-34(17-15-32)36-20-23-38(41(50)24-36)40-26-44(60-46(53)30(4)5)39(25-45(40)61-47(54)31(6)7)35-18-21-37(22-19-35)57-27-33(28-58-48(55)42(51)9-2)29-59-49(56)43(52)10-3/h18-26,32-34H,4,6,8-17,27-29H2,1-3,5,7H3. The molecule has 3 aromatic rings. The first-order chi connectivity index (χ1) is 29.1. The van der Waals surface area contributed by atoms with Crippen LogP contribution in [0.3, 0.4) is 0 Å². The Morgan fingerprint density at radius 1 is 0.656 bits per heavy atom. The van der Waals surface area contributed by atoms with Crippen LogP contribution in [0.5, 0.6) is 17.2 Å². The molecule has 0 amide bonds. The summed E-state index contributed by atoms with van der Waals surface area (Å²) in [6, 6.07) is 14.6. The van der Waals surface area contributed by atoms with Crippen LogP contribution in [0.2, 0.25) is 0 Å². The average Bonchev–Trinajstić information content (AvgIpc) is 3.26. The van der Waals surface area contributed by atoms with E-state index in [9.17, 15) is 28.8 Å². The van der Waals surface area contributed by atoms with Gasteiger partial charge in [0.2, 0.25) is 11.6 Å². The van der Waals surface area contributed by atoms with Gasteiger partial charge in [-0.1, -0.05) is 83.9 Å². The topological polar surface area (TPSA) is 149 Å². The van der Waals surface area contributed by atoms with Gasteiger partial charge in [0.1, 0.15) is 36.3 Å². The normalized spacial score (nSPS) is 14.7. The Hall–Kier alpha value is -5.91. The number of hydrogen-bond donors (Lipinski definition) is 0. The molecule has 0 N–H and O–H groups in total. The van der Waals surface area contributed by atoms with Gasteiger partial charge in [0.25, 0.3) is 0 Å². The minimum absolute atomic E-state index is 0.00716. The third kappa shape index (κ3) is 13.8. The largest absolute Gasteiger partial charge is 0.493 e. The Morgan fingerprint density at radius 2 is 1.20 bits per heavy atom. The minimum atomic E-state index is -1.04. The number of halogens is 1. The second-order valence-corrected chi connectivity index (χ2v) is 15.6. The lowest BCUT2D eigenvalue weighted by atomic mass is 9.77. The molecule has 1 saturated carbocycles. The van der Waals surface area contributed by atoms with E-state index in [2.05, 4.69) is 20.1 Å². The molecule has 0 bridgehead atoms. The summed E-state index contributed by atoms with van der Waals surface area (Å²) in [4.78, 5) is 73.5. The highest BCUT2D eigenvalue weighted by atomic mass is 19.1. The van der Waals surface area contributed by atoms with E-state index in [-0.39, 0.29) is 72.4 Å². The zero-order valence-corrected chi connectivity index (χ0v) is 35.9. The predicted molar refractivity (Wildman–Crippen MR) is 229 cm³/mol. The van der Waals surface area contributed by atoms with Crippen LogP contribution in [-0.2, 0) is 38.2 Å². The van der Waals surface area contributed by atoms with Gasteiger partial charge in [0.05, 0.1) is 12.5 Å². The van der Waals surface area contributed by atoms with E-state index in [1.54, 1.807) is 36.4 Å². The summed E-state index contributed by atoms with van der Waals surface area (Å²) >= 11 is 0. The van der Waals surface area contributed by atoms with Crippen molar-refractivity contribution in [2.45, 2.75) is 105 Å². The van der Waals surface area contributed by atoms with Gasteiger partial charge in [0, 0.05) is 40.7 Å². The van der Waals surface area contributed by atoms with Crippen molar-refractivity contribution in [2.24, 2.45) is 11.8 Å². The van der Waals surface area contributed by atoms with Gasteiger partial charge in [-0.3, -0.25) is 9.59 Å². The van der Waals surface area contributed by atoms with Gasteiger partial charge in [-0.25, -0.2) is 23.6 Å². The summed E-state index contributed by atoms with van der Waals surface area (Å²) in [5, 5.41) is 0. The van der Waals surface area contributed by atoms with E-state index in [4.69, 9.17) is 23.7 Å². The van der Waals surface area contributed by atoms with Gasteiger partial charge in [-0.15, -0.1) is 0 Å². The molecule has 12 heteroatoms. The first kappa shape index (κ1) is 47.8. The Kier molecular flexibility index (Phi) is 18.2. The van der Waals surface area contributed by atoms with E-state index < -0.39 is 47.2 Å². The van der Waals surface area contributed by atoms with Crippen LogP contribution in [-0.4, -0.2) is 55.3 Å². The van der Waals surface area contributed by atoms with Crippen molar-refractivity contribution in [1.29, 1.82) is 0 Å². The highest BCUT2D eigenvalue weighted by molar-refractivity contribution is 6.33. The van der Waals surface area contributed by atoms with Gasteiger partial charge in [-0.2, -0.15) is 0 Å². The average molecular weight is 841 g/mol. The monoisotopic (exact) mass is 840 g/mol. The number of esters is 4. The SMILES string of the molecule is C=C(C)C(=O)Oc1cc(-c2ccc(C3CCC(CCCCC)CC3)cc2F)c(OC(=O)C(=C)C)cc1-c1ccc(OCC(COC(=O)C(=O)CC)COC(=O)C(=O)CC)cc1. The number of Topliss-reactive ketones (excluding diaryl/α,β-unsaturated/α-hetero) is 2. The fourth-order valence-electron chi connectivity index (χ4n) is 6.94. The number of carbonyl (C=O) groups excluding carboxylic acids is 6. The molecule has 0 saturated heterocycles. The predicted octanol–water partition coefficient (Wildman–Crippen LogP) is 10.0. The molecule has 4 rings (SSSR count). The van der Waals surface area contributed by atoms with E-state index in [0.29, 0.717) is 22.8 Å². The van der Waals surface area contributed by atoms with Crippen molar-refractivity contribution in [3.63, 3.8) is 0 Å². The fourth-order valence-corrected chi connectivity index (χ4v) is 6.94. The molecule has 61 heavy (non-hydrogen) atoms. The second-order valence-electron chi connectivity index (χ2n) is 15.6. The quantitative estimate of drug-likeness (QED) is 0.0313. The lowest BCUT2D eigenvalue weighted by molar-refractivity contribution is -0.158. The van der Waals surface area contributed by atoms with Crippen molar-refractivity contribution in [3.8, 4) is 39.5 Å². The molecule has 1 fully saturated rings. The summed E-state index contributed by atoms with van der Waals surface area (Å²) in [7, 11) is 0. The van der Waals surface area contributed by atoms with Gasteiger partial charge < -0.3 is 23.7 Å². The summed E-state index contributed by atoms with van der Waals surface area (Å²) in [5.41, 5.74) is 2.29. The molecular weight excluding hydrogens is 784 g/mol. The highest BCUT2D eigenvalue weighted by Gasteiger charge is 2.26. The number of unbranched alkanes of at least 4 members (excludes halogenated alkanes) is 2. The maximum Gasteiger partial charge on any atom is 0.374 e. The van der Waals surface area contributed by atoms with Gasteiger partial charge >= 0.3 is 23.9 Å². The van der Waals surface area contributed by atoms with Crippen molar-refractivity contribution in [3.05, 3.63) is 90.3 Å². The highest BCUT2D eigenvalue weighted by Crippen LogP contribution is 2.44. The van der Waals surface area contributed by atoms with Crippen molar-refractivity contribution in [2.75, 3.05) is 19.8 Å². The molecule has 0 aromatic heterocycles. The summed E-state index contributed by atoms with van der Waals surface area (Å²) in [6.07, 6.45) is 9.03. The molecule has 0 spiro atoms. The zero-order valence-electron chi connectivity index (χ0n) is 35.9. The Bertz CT molecular complexity index is 2060. The summed E-state index contributed by atoms with van der Waals surface area (Å²) in [6.45, 7) is 14.8. The lowest BCUT2D eigenvalue weighted by Crippen LogP contribution is -2.29. The zero-order chi connectivity index (χ0) is 44.6. The molecule has 11 nitrogen and oxygen atoms in total. The van der Waals surface area contributed by atoms with Crippen LogP contribution in [0.25, 0.3) is 22.3 Å². The molecule has 1 aliphatic rings. The Balaban J connectivity index is 1.65. The van der Waals surface area contributed by atoms with Crippen LogP contribution >= 0.6 is 0 Å². The molecule has 0 heterocycles. The molecular formula is C49H57FO11. The molecule has 1 aliphatic carbocycles. The number of hydrogen-bond acceptors (Lipinski definition) is 11. The van der Waals surface area contributed by atoms with Crippen molar-refractivity contribution < 1.29 is 56.8 Å². The maximum atomic E-state index is 16.3. The fraction of sp³-hybridized carbons (Fsp3) is 0.429. The number of ether oxygens (including phenoxy) is 5. The molecule has 326 valence electrons. The van der Waals surface area contributed by atoms with E-state index in [1.165, 1.54) is 65.5 Å². The maximum absolute atomic E-state index is 16.3. The van der Waals surface area contributed by atoms with Gasteiger partial charge in [0.15, 0.2) is 0 Å². The number of carbonyl (C=O) groups is 6. The first-order valence-corrected chi connectivity index (χ1v) is 21.0. The van der Waals surface area contributed by atoms with Crippen LogP contribution in [0, 0.1) is 17.7 Å². The lowest BCUT2D eigenvalue weighted by Gasteiger charge is -2.29. The number of benzene rings is 3. The summed E-state index contributed by atoms with van der Waals surface area (Å²) in [5.74, 6) is -4.92. The summed E-state index contributed by atoms with van der Waals surface area (Å²) < 4.78 is 44.0. The Labute approximate surface area is 357 Å².